The molecule has 18 heteroatoms. The van der Waals surface area contributed by atoms with Crippen molar-refractivity contribution in [3.63, 3.8) is 0 Å². The average molecular weight is 605 g/mol. The number of nitrogens with one attached hydrogen (secondary N) is 1. The van der Waals surface area contributed by atoms with Gasteiger partial charge in [-0.2, -0.15) is 9.97 Å². The summed E-state index contributed by atoms with van der Waals surface area (Å²) in [4.78, 5) is 23.0. The third-order valence-corrected chi connectivity index (χ3v) is 8.21. The van der Waals surface area contributed by atoms with Crippen molar-refractivity contribution in [3.8, 4) is 5.88 Å². The lowest BCUT2D eigenvalue weighted by atomic mass is 10.1. The van der Waals surface area contributed by atoms with Crippen LogP contribution in [0.3, 0.4) is 0 Å². The maximum Gasteiger partial charge on any atom is 0.406 e. The molecule has 224 valence electrons. The van der Waals surface area contributed by atoms with E-state index in [0.717, 1.165) is 5.56 Å². The minimum atomic E-state index is -4.10. The van der Waals surface area contributed by atoms with Crippen LogP contribution in [0.5, 0.6) is 5.88 Å². The molecule has 1 fully saturated rings. The van der Waals surface area contributed by atoms with Crippen molar-refractivity contribution in [2.45, 2.75) is 37.7 Å². The number of benzene rings is 1. The first kappa shape index (κ1) is 29.5. The fourth-order valence-corrected chi connectivity index (χ4v) is 5.72. The number of aliphatic hydroxyl groups is 2. The molecule has 0 radical (unpaired) electrons. The van der Waals surface area contributed by atoms with Crippen LogP contribution >= 0.6 is 7.75 Å². The van der Waals surface area contributed by atoms with Gasteiger partial charge in [-0.25, -0.2) is 19.2 Å². The Morgan fingerprint density at radius 2 is 1.93 bits per heavy atom. The van der Waals surface area contributed by atoms with Crippen molar-refractivity contribution >= 4 is 30.7 Å². The molecule has 1 saturated heterocycles. The molecule has 0 amide bonds. The molecular formula is C24H29N8O9P. The Kier molecular flexibility index (Phi) is 8.51. The molecule has 5 N–H and O–H groups in total. The number of nitrogens with two attached hydrogens (primary N) is 1. The second-order valence-corrected chi connectivity index (χ2v) is 11.2. The summed E-state index contributed by atoms with van der Waals surface area (Å²) in [6.07, 6.45) is -3.86. The van der Waals surface area contributed by atoms with Crippen molar-refractivity contribution in [3.05, 3.63) is 70.2 Å². The minimum Gasteiger partial charge on any atom is -0.479 e. The van der Waals surface area contributed by atoms with Gasteiger partial charge in [-0.05, 0) is 16.6 Å². The van der Waals surface area contributed by atoms with Crippen LogP contribution in [0, 0.1) is 10.1 Å². The van der Waals surface area contributed by atoms with E-state index in [2.05, 4.69) is 20.0 Å². The maximum absolute atomic E-state index is 13.8. The number of anilines is 1. The number of hydrogen-bond acceptors (Lipinski definition) is 13. The van der Waals surface area contributed by atoms with Gasteiger partial charge in [0.2, 0.25) is 11.8 Å². The van der Waals surface area contributed by atoms with E-state index in [1.165, 1.54) is 41.8 Å². The number of imidazole rings is 1. The number of nitrogen functional groups attached to an aromatic ring is 1. The van der Waals surface area contributed by atoms with Crippen LogP contribution in [0.15, 0.2) is 48.8 Å². The molecule has 0 saturated carbocycles. The van der Waals surface area contributed by atoms with Gasteiger partial charge in [0.05, 0.1) is 27.1 Å². The van der Waals surface area contributed by atoms with Gasteiger partial charge in [-0.1, -0.05) is 30.3 Å². The molecule has 4 heterocycles. The second kappa shape index (κ2) is 12.1. The summed E-state index contributed by atoms with van der Waals surface area (Å²) in [6.45, 7) is -0.629. The lowest BCUT2D eigenvalue weighted by Gasteiger charge is -2.22. The summed E-state index contributed by atoms with van der Waals surface area (Å²) in [7, 11) is -1.22. The van der Waals surface area contributed by atoms with E-state index in [-0.39, 0.29) is 42.0 Å². The van der Waals surface area contributed by atoms with Gasteiger partial charge in [-0.15, -0.1) is 0 Å². The van der Waals surface area contributed by atoms with E-state index in [1.807, 2.05) is 30.3 Å². The molecule has 5 rings (SSSR count). The summed E-state index contributed by atoms with van der Waals surface area (Å²) >= 11 is 0. The van der Waals surface area contributed by atoms with Gasteiger partial charge in [0.15, 0.2) is 17.4 Å². The van der Waals surface area contributed by atoms with Crippen LogP contribution in [0.2, 0.25) is 0 Å². The average Bonchev–Trinajstić information content (AvgIpc) is 3.65. The highest BCUT2D eigenvalue weighted by Gasteiger charge is 2.45. The highest BCUT2D eigenvalue weighted by Crippen LogP contribution is 2.46. The Hall–Kier alpha value is -3.96. The molecule has 3 unspecified atom stereocenters. The lowest BCUT2D eigenvalue weighted by Crippen LogP contribution is -2.34. The Morgan fingerprint density at radius 1 is 1.17 bits per heavy atom. The first-order valence-electron chi connectivity index (χ1n) is 12.6. The SMILES string of the molecule is COc1nc(N)nc2c1ncn2C1O[C@H](COP(=O)(NCc2ccccc2)OCc2ccc([N+](=O)[O-])n2C)[C@H](O)C1O. The number of aromatic nitrogens is 5. The third kappa shape index (κ3) is 5.98. The zero-order chi connectivity index (χ0) is 30.0. The van der Waals surface area contributed by atoms with E-state index < -0.39 is 43.8 Å². The number of nitro groups is 1. The van der Waals surface area contributed by atoms with Crippen LogP contribution in [0.25, 0.3) is 11.2 Å². The van der Waals surface area contributed by atoms with E-state index >= 15 is 0 Å². The molecule has 1 aliphatic heterocycles. The highest BCUT2D eigenvalue weighted by molar-refractivity contribution is 7.51. The number of hydrogen-bond donors (Lipinski definition) is 4. The largest absolute Gasteiger partial charge is 0.479 e. The first-order valence-corrected chi connectivity index (χ1v) is 14.2. The van der Waals surface area contributed by atoms with Gasteiger partial charge >= 0.3 is 13.6 Å². The molecule has 1 aliphatic rings. The maximum atomic E-state index is 13.8. The van der Waals surface area contributed by atoms with Gasteiger partial charge in [-0.3, -0.25) is 13.6 Å². The van der Waals surface area contributed by atoms with Crippen molar-refractivity contribution in [2.24, 2.45) is 7.05 Å². The Morgan fingerprint density at radius 3 is 2.62 bits per heavy atom. The van der Waals surface area contributed by atoms with Crippen LogP contribution in [0.1, 0.15) is 17.5 Å². The van der Waals surface area contributed by atoms with Gasteiger partial charge < -0.3 is 35.5 Å². The minimum absolute atomic E-state index is 0.0971. The van der Waals surface area contributed by atoms with E-state index in [1.54, 1.807) is 0 Å². The number of nitrogens with zero attached hydrogens (tertiary/aromatic N) is 6. The van der Waals surface area contributed by atoms with Crippen LogP contribution < -0.4 is 15.6 Å². The molecule has 4 aromatic rings. The fraction of sp³-hybridized carbons (Fsp3) is 0.375. The lowest BCUT2D eigenvalue weighted by molar-refractivity contribution is -0.391. The summed E-state index contributed by atoms with van der Waals surface area (Å²) in [5.74, 6) is -0.142. The zero-order valence-corrected chi connectivity index (χ0v) is 23.4. The number of ether oxygens (including phenoxy) is 2. The van der Waals surface area contributed by atoms with E-state index in [4.69, 9.17) is 24.3 Å². The van der Waals surface area contributed by atoms with Gasteiger partial charge in [0.25, 0.3) is 0 Å². The molecule has 0 spiro atoms. The molecule has 42 heavy (non-hydrogen) atoms. The molecule has 0 bridgehead atoms. The third-order valence-electron chi connectivity index (χ3n) is 6.71. The van der Waals surface area contributed by atoms with Gasteiger partial charge in [0, 0.05) is 12.6 Å². The molecule has 0 aliphatic carbocycles. The van der Waals surface area contributed by atoms with Crippen molar-refractivity contribution < 1.29 is 38.2 Å². The predicted molar refractivity (Wildman–Crippen MR) is 146 cm³/mol. The van der Waals surface area contributed by atoms with Gasteiger partial charge in [0.1, 0.15) is 30.6 Å². The summed E-state index contributed by atoms with van der Waals surface area (Å²) in [6, 6.07) is 11.9. The summed E-state index contributed by atoms with van der Waals surface area (Å²) in [5.41, 5.74) is 7.41. The zero-order valence-electron chi connectivity index (χ0n) is 22.5. The second-order valence-electron chi connectivity index (χ2n) is 9.35. The van der Waals surface area contributed by atoms with Crippen molar-refractivity contribution in [1.29, 1.82) is 0 Å². The number of rotatable bonds is 12. The monoisotopic (exact) mass is 604 g/mol. The highest BCUT2D eigenvalue weighted by atomic mass is 31.2. The topological polar surface area (TPSA) is 224 Å². The molecular weight excluding hydrogens is 575 g/mol. The molecule has 17 nitrogen and oxygen atoms in total. The quantitative estimate of drug-likeness (QED) is 0.102. The van der Waals surface area contributed by atoms with E-state index in [0.29, 0.717) is 5.69 Å². The fourth-order valence-electron chi connectivity index (χ4n) is 4.44. The van der Waals surface area contributed by atoms with Crippen molar-refractivity contribution in [1.82, 2.24) is 29.2 Å². The van der Waals surface area contributed by atoms with E-state index in [9.17, 15) is 24.9 Å². The standard InChI is InChI=1S/C24H29N8O9P/c1-30-15(8-9-17(30)32(35)36)11-39-42(37,27-10-14-6-4-3-5-7-14)40-12-16-19(33)20(34)23(41-16)31-13-26-18-21(31)28-24(25)29-22(18)38-2/h3-9,13,16,19-20,23,33-34H,10-12H2,1-2H3,(H,27,37)(H2,25,28,29)/t16-,19+,20?,23?,42?/m1/s1. The van der Waals surface area contributed by atoms with Crippen LogP contribution in [0.4, 0.5) is 11.8 Å². The Bertz CT molecular complexity index is 1610. The predicted octanol–water partition coefficient (Wildman–Crippen LogP) is 1.41. The molecule has 3 aromatic heterocycles. The molecule has 5 atom stereocenters. The Labute approximate surface area is 238 Å². The van der Waals surface area contributed by atoms with Crippen LogP contribution in [-0.2, 0) is 38.5 Å². The normalized spacial score (nSPS) is 21.9. The smallest absolute Gasteiger partial charge is 0.406 e. The number of aliphatic hydroxyl groups excluding tert-OH is 2. The summed E-state index contributed by atoms with van der Waals surface area (Å²) < 4.78 is 38.9. The van der Waals surface area contributed by atoms with Crippen LogP contribution in [-0.4, -0.2) is 71.3 Å². The molecule has 1 aromatic carbocycles. The van der Waals surface area contributed by atoms with Crippen molar-refractivity contribution in [2.75, 3.05) is 19.5 Å². The first-order chi connectivity index (χ1) is 20.1. The number of fused-ring (bicyclic) bond motifs is 1. The Balaban J connectivity index is 1.32. The number of methoxy groups -OCH3 is 1. The summed E-state index contributed by atoms with van der Waals surface area (Å²) in [5, 5.41) is 35.6.